The highest BCUT2D eigenvalue weighted by molar-refractivity contribution is 6.14. The molecule has 0 aliphatic carbocycles. The van der Waals surface area contributed by atoms with Crippen molar-refractivity contribution in [2.75, 3.05) is 0 Å². The highest BCUT2D eigenvalue weighted by atomic mass is 15.1. The lowest BCUT2D eigenvalue weighted by atomic mass is 10.0. The van der Waals surface area contributed by atoms with E-state index >= 15 is 0 Å². The first kappa shape index (κ1) is 44.2. The second-order valence-corrected chi connectivity index (χ2v) is 19.1. The van der Waals surface area contributed by atoms with Crippen molar-refractivity contribution in [2.45, 2.75) is 0 Å². The number of hydrogen-bond acceptors (Lipinski definition) is 4. The maximum Gasteiger partial charge on any atom is 0.166 e. The summed E-state index contributed by atoms with van der Waals surface area (Å²) in [5.74, 6) is 1.56. The van der Waals surface area contributed by atoms with Crippen LogP contribution in [0.25, 0.3) is 134 Å². The summed E-state index contributed by atoms with van der Waals surface area (Å²) in [5.41, 5.74) is 17.3. The lowest BCUT2D eigenvalue weighted by Crippen LogP contribution is -2.07. The van der Waals surface area contributed by atoms with E-state index in [2.05, 4.69) is 203 Å². The first-order valence-corrected chi connectivity index (χ1v) is 25.5. The van der Waals surface area contributed by atoms with Crippen LogP contribution in [0.5, 0.6) is 0 Å². The number of hydrogen-bond donors (Lipinski definition) is 0. The minimum absolute atomic E-state index is 0.476. The highest BCUT2D eigenvalue weighted by Gasteiger charge is 2.25. The molecule has 0 radical (unpaired) electrons. The van der Waals surface area contributed by atoms with Gasteiger partial charge in [0, 0.05) is 38.2 Å². The third-order valence-electron chi connectivity index (χ3n) is 14.6. The van der Waals surface area contributed by atoms with Crippen molar-refractivity contribution in [1.29, 1.82) is 5.26 Å². The molecule has 3 aromatic heterocycles. The van der Waals surface area contributed by atoms with Gasteiger partial charge < -0.3 is 9.13 Å². The molecular formula is C70H44N6. The first-order valence-electron chi connectivity index (χ1n) is 25.5. The van der Waals surface area contributed by atoms with Crippen LogP contribution < -0.4 is 0 Å². The van der Waals surface area contributed by atoms with Gasteiger partial charge in [0.25, 0.3) is 0 Å². The Balaban J connectivity index is 1.10. The second-order valence-electron chi connectivity index (χ2n) is 19.1. The largest absolute Gasteiger partial charge is 0.308 e. The van der Waals surface area contributed by atoms with E-state index in [1.165, 1.54) is 0 Å². The summed E-state index contributed by atoms with van der Waals surface area (Å²) >= 11 is 0. The molecule has 0 N–H and O–H groups in total. The van der Waals surface area contributed by atoms with Crippen LogP contribution in [0.2, 0.25) is 0 Å². The van der Waals surface area contributed by atoms with Crippen LogP contribution in [-0.2, 0) is 0 Å². The first-order chi connectivity index (χ1) is 37.6. The van der Waals surface area contributed by atoms with E-state index < -0.39 is 0 Å². The molecule has 0 fully saturated rings. The highest BCUT2D eigenvalue weighted by Crippen LogP contribution is 2.44. The van der Waals surface area contributed by atoms with Crippen LogP contribution >= 0.6 is 0 Å². The molecule has 0 aliphatic heterocycles. The van der Waals surface area contributed by atoms with Gasteiger partial charge in [-0.05, 0) is 105 Å². The van der Waals surface area contributed by atoms with Crippen molar-refractivity contribution in [2.24, 2.45) is 0 Å². The summed E-state index contributed by atoms with van der Waals surface area (Å²) in [5, 5.41) is 16.0. The van der Waals surface area contributed by atoms with Gasteiger partial charge in [0.2, 0.25) is 0 Å². The molecule has 14 rings (SSSR count). The fourth-order valence-electron chi connectivity index (χ4n) is 11.0. The Labute approximate surface area is 439 Å². The molecule has 0 spiro atoms. The number of nitrogens with zero attached hydrogens (tertiary/aromatic N) is 6. The van der Waals surface area contributed by atoms with E-state index in [0.29, 0.717) is 28.7 Å². The Morgan fingerprint density at radius 2 is 0.553 bits per heavy atom. The maximum atomic E-state index is 11.7. The fraction of sp³-hybridized carbons (Fsp3) is 0. The summed E-state index contributed by atoms with van der Waals surface area (Å²) < 4.78 is 4.55. The van der Waals surface area contributed by atoms with Crippen LogP contribution in [0, 0.1) is 11.3 Å². The van der Waals surface area contributed by atoms with Crippen LogP contribution in [0.4, 0.5) is 0 Å². The Bertz CT molecular complexity index is 4290. The SMILES string of the molecule is N#Cc1cc(-n2c3ccc(-c4ccccc4)cc3c3cc(-c4ccccc4)ccc32)c(-c2nc(-c3ccccc3)nc(-c3ccccc3)n2)cc1-n1c2ccc(-c3ccccc3)cc2c2cc(-c3ccccc3)ccc21. The second kappa shape index (κ2) is 18.5. The van der Waals surface area contributed by atoms with E-state index in [4.69, 9.17) is 15.0 Å². The third kappa shape index (κ3) is 7.70. The van der Waals surface area contributed by atoms with Gasteiger partial charge in [-0.2, -0.15) is 5.26 Å². The molecule has 0 saturated heterocycles. The van der Waals surface area contributed by atoms with Crippen molar-refractivity contribution in [3.8, 4) is 96.1 Å². The van der Waals surface area contributed by atoms with E-state index in [1.807, 2.05) is 78.9 Å². The molecular weight excluding hydrogens is 925 g/mol. The lowest BCUT2D eigenvalue weighted by molar-refractivity contribution is 1.06. The predicted octanol–water partition coefficient (Wildman–Crippen LogP) is 17.6. The zero-order valence-corrected chi connectivity index (χ0v) is 41.1. The number of rotatable bonds is 9. The topological polar surface area (TPSA) is 72.3 Å². The summed E-state index contributed by atoms with van der Waals surface area (Å²) in [4.78, 5) is 15.9. The number of aromatic nitrogens is 5. The molecule has 0 atom stereocenters. The van der Waals surface area contributed by atoms with Crippen molar-refractivity contribution >= 4 is 43.6 Å². The third-order valence-corrected chi connectivity index (χ3v) is 14.6. The molecule has 11 aromatic carbocycles. The molecule has 3 heterocycles. The van der Waals surface area contributed by atoms with Gasteiger partial charge in [0.1, 0.15) is 6.07 Å². The monoisotopic (exact) mass is 968 g/mol. The van der Waals surface area contributed by atoms with Crippen LogP contribution in [-0.4, -0.2) is 24.1 Å². The quantitative estimate of drug-likeness (QED) is 0.144. The van der Waals surface area contributed by atoms with Gasteiger partial charge in [-0.15, -0.1) is 0 Å². The minimum atomic E-state index is 0.476. The van der Waals surface area contributed by atoms with Crippen LogP contribution in [0.15, 0.2) is 267 Å². The molecule has 0 aliphatic rings. The predicted molar refractivity (Wildman–Crippen MR) is 311 cm³/mol. The van der Waals surface area contributed by atoms with E-state index in [9.17, 15) is 5.26 Å². The summed E-state index contributed by atoms with van der Waals surface area (Å²) in [6.45, 7) is 0. The van der Waals surface area contributed by atoms with Crippen molar-refractivity contribution in [1.82, 2.24) is 24.1 Å². The molecule has 6 heteroatoms. The Morgan fingerprint density at radius 3 is 0.868 bits per heavy atom. The molecule has 14 aromatic rings. The number of fused-ring (bicyclic) bond motifs is 6. The zero-order valence-electron chi connectivity index (χ0n) is 41.1. The Kier molecular flexibility index (Phi) is 10.8. The average molecular weight is 969 g/mol. The smallest absolute Gasteiger partial charge is 0.166 e. The summed E-state index contributed by atoms with van der Waals surface area (Å²) in [7, 11) is 0. The van der Waals surface area contributed by atoms with Gasteiger partial charge in [-0.3, -0.25) is 0 Å². The lowest BCUT2D eigenvalue weighted by Gasteiger charge is -2.19. The number of benzene rings is 11. The van der Waals surface area contributed by atoms with Crippen molar-refractivity contribution in [3.05, 3.63) is 272 Å². The van der Waals surface area contributed by atoms with E-state index in [1.54, 1.807) is 0 Å². The molecule has 354 valence electrons. The zero-order chi connectivity index (χ0) is 50.5. The van der Waals surface area contributed by atoms with Crippen molar-refractivity contribution in [3.63, 3.8) is 0 Å². The number of nitriles is 1. The normalized spacial score (nSPS) is 11.4. The fourth-order valence-corrected chi connectivity index (χ4v) is 11.0. The average Bonchev–Trinajstić information content (AvgIpc) is 4.13. The minimum Gasteiger partial charge on any atom is -0.308 e. The van der Waals surface area contributed by atoms with E-state index in [-0.39, 0.29) is 0 Å². The van der Waals surface area contributed by atoms with E-state index in [0.717, 1.165) is 110 Å². The van der Waals surface area contributed by atoms with Crippen molar-refractivity contribution < 1.29 is 0 Å². The Morgan fingerprint density at radius 1 is 0.263 bits per heavy atom. The molecule has 0 unspecified atom stereocenters. The molecule has 0 bridgehead atoms. The van der Waals surface area contributed by atoms with Gasteiger partial charge in [-0.25, -0.2) is 15.0 Å². The van der Waals surface area contributed by atoms with Crippen LogP contribution in [0.1, 0.15) is 5.56 Å². The molecule has 0 saturated carbocycles. The molecule has 6 nitrogen and oxygen atoms in total. The van der Waals surface area contributed by atoms with Gasteiger partial charge >= 0.3 is 0 Å². The van der Waals surface area contributed by atoms with Crippen LogP contribution in [0.3, 0.4) is 0 Å². The summed E-state index contributed by atoms with van der Waals surface area (Å²) in [6.07, 6.45) is 0. The van der Waals surface area contributed by atoms with Gasteiger partial charge in [-0.1, -0.05) is 206 Å². The van der Waals surface area contributed by atoms with Gasteiger partial charge in [0.05, 0.1) is 39.0 Å². The van der Waals surface area contributed by atoms with Gasteiger partial charge in [0.15, 0.2) is 17.5 Å². The summed E-state index contributed by atoms with van der Waals surface area (Å²) in [6, 6.07) is 95.8. The maximum absolute atomic E-state index is 11.7. The molecule has 0 amide bonds. The Hall–Kier alpha value is -10.5. The molecule has 76 heavy (non-hydrogen) atoms. The standard InChI is InChI=1S/C70H44N6/c71-45-56-43-67(76-64-37-33-54(48-23-11-3-12-24-48)41-59(64)60-42-55(34-38-65(60)76)49-25-13-4-14-26-49)61(70-73-68(50-27-15-5-16-28-50)72-69(74-70)51-29-17-6-18-30-51)44-66(56)75-62-35-31-52(46-19-7-1-8-20-46)39-57(62)58-40-53(32-36-63(58)75)47-21-9-2-10-22-47/h1-44H.